The average Bonchev–Trinajstić information content (AvgIpc) is 3.66. The zero-order chi connectivity index (χ0) is 29.9. The minimum atomic E-state index is -0.812. The predicted octanol–water partition coefficient (Wildman–Crippen LogP) is 2.79. The molecule has 3 aromatic rings. The van der Waals surface area contributed by atoms with E-state index >= 15 is 0 Å². The van der Waals surface area contributed by atoms with E-state index in [1.807, 2.05) is 36.4 Å². The van der Waals surface area contributed by atoms with E-state index in [0.29, 0.717) is 62.0 Å². The van der Waals surface area contributed by atoms with Gasteiger partial charge in [-0.15, -0.1) is 10.2 Å². The highest BCUT2D eigenvalue weighted by molar-refractivity contribution is 5.95. The number of rotatable bonds is 8. The molecule has 1 saturated heterocycles. The van der Waals surface area contributed by atoms with Crippen molar-refractivity contribution in [3.63, 3.8) is 0 Å². The molecule has 3 amide bonds. The first kappa shape index (κ1) is 28.9. The van der Waals surface area contributed by atoms with Crippen molar-refractivity contribution in [3.8, 4) is 0 Å². The Morgan fingerprint density at radius 2 is 1.62 bits per heavy atom. The molecule has 0 unspecified atom stereocenters. The zero-order valence-corrected chi connectivity index (χ0v) is 24.3. The van der Waals surface area contributed by atoms with Gasteiger partial charge in [-0.25, -0.2) is 6.57 Å². The minimum Gasteiger partial charge on any atom is -0.355 e. The molecule has 1 aromatic heterocycles. The second kappa shape index (κ2) is 12.1. The van der Waals surface area contributed by atoms with Crippen LogP contribution in [-0.4, -0.2) is 69.6 Å². The van der Waals surface area contributed by atoms with Crippen LogP contribution in [-0.2, 0) is 30.1 Å². The molecule has 2 aromatic carbocycles. The van der Waals surface area contributed by atoms with Crippen molar-refractivity contribution in [3.05, 3.63) is 87.0 Å². The molecule has 1 fully saturated rings. The smallest absolute Gasteiger partial charge is 0.300 e. The largest absolute Gasteiger partial charge is 0.355 e. The summed E-state index contributed by atoms with van der Waals surface area (Å²) < 4.78 is 0. The fourth-order valence-electron chi connectivity index (χ4n) is 6.48. The Labute approximate surface area is 245 Å². The van der Waals surface area contributed by atoms with E-state index in [9.17, 15) is 14.4 Å². The standard InChI is InChI=1S/C31H36N8O3/c1-32-26-8-7-17-39(26)27(40)9-5-6-16-31(30-35-37-38(4)36-30)24-14-12-22(28(41)33-2)18-20(24)10-11-21-19-23(29(42)34-3)13-15-25(21)31/h12-15,18-19,26H,5-11,16-17H2,2-4H3,(H,33,41)(H,34,42)/t26-/m0/s1. The van der Waals surface area contributed by atoms with Gasteiger partial charge in [0.15, 0.2) is 5.82 Å². The number of nitrogens with one attached hydrogen (secondary N) is 2. The lowest BCUT2D eigenvalue weighted by Crippen LogP contribution is -2.34. The third-order valence-corrected chi connectivity index (χ3v) is 8.55. The molecule has 0 radical (unpaired) electrons. The Morgan fingerprint density at radius 1 is 1.00 bits per heavy atom. The van der Waals surface area contributed by atoms with E-state index in [0.717, 1.165) is 35.1 Å². The van der Waals surface area contributed by atoms with E-state index in [1.165, 1.54) is 4.80 Å². The van der Waals surface area contributed by atoms with Crippen molar-refractivity contribution < 1.29 is 14.4 Å². The Balaban J connectivity index is 1.58. The van der Waals surface area contributed by atoms with Crippen molar-refractivity contribution in [1.29, 1.82) is 0 Å². The summed E-state index contributed by atoms with van der Waals surface area (Å²) in [5.74, 6) is 0.228. The maximum absolute atomic E-state index is 13.0. The first-order valence-electron chi connectivity index (χ1n) is 14.4. The van der Waals surface area contributed by atoms with Crippen LogP contribution < -0.4 is 10.6 Å². The maximum Gasteiger partial charge on any atom is 0.300 e. The molecule has 2 heterocycles. The topological polar surface area (TPSA) is 126 Å². The van der Waals surface area contributed by atoms with Crippen LogP contribution in [0.15, 0.2) is 36.4 Å². The molecule has 0 spiro atoms. The number of nitrogens with zero attached hydrogens (tertiary/aromatic N) is 6. The van der Waals surface area contributed by atoms with Gasteiger partial charge in [-0.2, -0.15) is 4.80 Å². The van der Waals surface area contributed by atoms with Gasteiger partial charge in [-0.05, 0) is 83.8 Å². The van der Waals surface area contributed by atoms with Crippen molar-refractivity contribution in [2.75, 3.05) is 20.6 Å². The number of benzene rings is 2. The molecule has 42 heavy (non-hydrogen) atoms. The Morgan fingerprint density at radius 3 is 2.14 bits per heavy atom. The molecule has 11 nitrogen and oxygen atoms in total. The van der Waals surface area contributed by atoms with Crippen LogP contribution in [0.5, 0.6) is 0 Å². The van der Waals surface area contributed by atoms with Gasteiger partial charge in [0.1, 0.15) is 0 Å². The first-order chi connectivity index (χ1) is 20.3. The molecule has 1 aliphatic carbocycles. The van der Waals surface area contributed by atoms with Gasteiger partial charge in [-0.1, -0.05) is 18.6 Å². The second-order valence-electron chi connectivity index (χ2n) is 11.0. The van der Waals surface area contributed by atoms with Crippen LogP contribution >= 0.6 is 0 Å². The Kier molecular flexibility index (Phi) is 8.34. The van der Waals surface area contributed by atoms with Gasteiger partial charge < -0.3 is 10.6 Å². The molecule has 2 N–H and O–H groups in total. The molecule has 1 atom stereocenters. The van der Waals surface area contributed by atoms with Crippen LogP contribution in [0.25, 0.3) is 4.85 Å². The summed E-state index contributed by atoms with van der Waals surface area (Å²) in [7, 11) is 4.96. The SMILES string of the molecule is [C-]#[N+][C@@H]1CCCN1C(=O)CCCCC1(c2nnn(C)n2)c2ccc(C(=O)NC)cc2CCc2cc(C(=O)NC)ccc21. The quantitative estimate of drug-likeness (QED) is 0.318. The number of amides is 3. The van der Waals surface area contributed by atoms with Crippen molar-refractivity contribution in [2.45, 2.75) is 62.9 Å². The number of unbranched alkanes of at least 4 members (excludes halogenated alkanes) is 1. The van der Waals surface area contributed by atoms with Gasteiger partial charge in [0.25, 0.3) is 11.8 Å². The predicted molar refractivity (Wildman–Crippen MR) is 156 cm³/mol. The molecule has 5 rings (SSSR count). The fourth-order valence-corrected chi connectivity index (χ4v) is 6.48. The average molecular weight is 569 g/mol. The molecule has 11 heteroatoms. The van der Waals surface area contributed by atoms with Gasteiger partial charge in [-0.3, -0.25) is 24.1 Å². The monoisotopic (exact) mass is 568 g/mol. The molecule has 2 aliphatic rings. The molecule has 0 bridgehead atoms. The number of carbonyl (C=O) groups is 3. The highest BCUT2D eigenvalue weighted by Crippen LogP contribution is 2.47. The van der Waals surface area contributed by atoms with Crippen molar-refractivity contribution in [2.24, 2.45) is 7.05 Å². The van der Waals surface area contributed by atoms with Crippen LogP contribution in [0, 0.1) is 6.57 Å². The number of hydrogen-bond acceptors (Lipinski definition) is 6. The number of fused-ring (bicyclic) bond motifs is 2. The zero-order valence-electron chi connectivity index (χ0n) is 24.3. The molecule has 218 valence electrons. The van der Waals surface area contributed by atoms with Crippen molar-refractivity contribution >= 4 is 17.7 Å². The third kappa shape index (κ3) is 5.24. The number of likely N-dealkylation sites (tertiary alicyclic amines) is 1. The van der Waals surface area contributed by atoms with E-state index < -0.39 is 5.41 Å². The summed E-state index contributed by atoms with van der Waals surface area (Å²) in [6.07, 6.45) is 4.86. The van der Waals surface area contributed by atoms with Crippen LogP contribution in [0.1, 0.15) is 87.3 Å². The highest BCUT2D eigenvalue weighted by atomic mass is 16.2. The van der Waals surface area contributed by atoms with Crippen LogP contribution in [0.2, 0.25) is 0 Å². The van der Waals surface area contributed by atoms with Gasteiger partial charge >= 0.3 is 6.17 Å². The number of aromatic nitrogens is 4. The summed E-state index contributed by atoms with van der Waals surface area (Å²) in [4.78, 5) is 44.9. The number of hydrogen-bond donors (Lipinski definition) is 2. The van der Waals surface area contributed by atoms with Crippen LogP contribution in [0.3, 0.4) is 0 Å². The fraction of sp³-hybridized carbons (Fsp3) is 0.452. The Hall–Kier alpha value is -4.59. The van der Waals surface area contributed by atoms with Crippen molar-refractivity contribution in [1.82, 2.24) is 35.7 Å². The normalized spacial score (nSPS) is 17.0. The number of aryl methyl sites for hydroxylation is 3. The van der Waals surface area contributed by atoms with E-state index in [1.54, 1.807) is 26.0 Å². The van der Waals surface area contributed by atoms with Gasteiger partial charge in [0.2, 0.25) is 5.91 Å². The molecule has 0 saturated carbocycles. The number of carbonyl (C=O) groups excluding carboxylic acids is 3. The number of tetrazole rings is 1. The van der Waals surface area contributed by atoms with Gasteiger partial charge in [0, 0.05) is 44.6 Å². The lowest BCUT2D eigenvalue weighted by molar-refractivity contribution is -0.131. The Bertz CT molecular complexity index is 1490. The first-order valence-corrected chi connectivity index (χ1v) is 14.4. The van der Waals surface area contributed by atoms with E-state index in [-0.39, 0.29) is 23.9 Å². The van der Waals surface area contributed by atoms with E-state index in [4.69, 9.17) is 11.7 Å². The highest BCUT2D eigenvalue weighted by Gasteiger charge is 2.44. The minimum absolute atomic E-state index is 0.0206. The summed E-state index contributed by atoms with van der Waals surface area (Å²) >= 11 is 0. The van der Waals surface area contributed by atoms with E-state index in [2.05, 4.69) is 25.8 Å². The maximum atomic E-state index is 13.0. The third-order valence-electron chi connectivity index (χ3n) is 8.55. The second-order valence-corrected chi connectivity index (χ2v) is 11.0. The molecular weight excluding hydrogens is 532 g/mol. The lowest BCUT2D eigenvalue weighted by Gasteiger charge is -2.34. The summed E-state index contributed by atoms with van der Waals surface area (Å²) in [6.45, 7) is 8.06. The summed E-state index contributed by atoms with van der Waals surface area (Å²) in [5.41, 5.74) is 4.33. The molecule has 1 aliphatic heterocycles. The summed E-state index contributed by atoms with van der Waals surface area (Å²) in [5, 5.41) is 18.9. The lowest BCUT2D eigenvalue weighted by atomic mass is 9.68. The van der Waals surface area contributed by atoms with Crippen LogP contribution in [0.4, 0.5) is 0 Å². The molecular formula is C31H36N8O3. The summed E-state index contributed by atoms with van der Waals surface area (Å²) in [6, 6.07) is 11.5. The van der Waals surface area contributed by atoms with Gasteiger partial charge in [0.05, 0.1) is 12.5 Å².